The molecular weight excluding hydrogens is 458 g/mol. The number of carboxylic acids is 1. The van der Waals surface area contributed by atoms with Crippen molar-refractivity contribution in [2.75, 3.05) is 6.61 Å². The molecule has 0 radical (unpaired) electrons. The molecule has 4 heterocycles. The van der Waals surface area contributed by atoms with E-state index in [1.54, 1.807) is 6.07 Å². The van der Waals surface area contributed by atoms with Crippen molar-refractivity contribution in [2.45, 2.75) is 71.3 Å². The number of fused-ring (bicyclic) bond motifs is 1. The van der Waals surface area contributed by atoms with E-state index >= 15 is 4.39 Å². The molecule has 7 nitrogen and oxygen atoms in total. The molecule has 3 aromatic rings. The Hall–Kier alpha value is -2.27. The Balaban J connectivity index is 1.47. The summed E-state index contributed by atoms with van der Waals surface area (Å²) in [5.74, 6) is -0.634. The van der Waals surface area contributed by atoms with Gasteiger partial charge in [0.2, 0.25) is 0 Å². The van der Waals surface area contributed by atoms with Gasteiger partial charge in [-0.2, -0.15) is 0 Å². The van der Waals surface area contributed by atoms with Crippen LogP contribution in [-0.2, 0) is 27.0 Å². The molecule has 1 N–H and O–H groups in total. The predicted molar refractivity (Wildman–Crippen MR) is 129 cm³/mol. The van der Waals surface area contributed by atoms with Gasteiger partial charge in [-0.15, -0.1) is 11.3 Å². The van der Waals surface area contributed by atoms with Crippen LogP contribution in [-0.4, -0.2) is 51.7 Å². The van der Waals surface area contributed by atoms with Crippen molar-refractivity contribution in [1.82, 2.24) is 9.55 Å². The van der Waals surface area contributed by atoms with Crippen LogP contribution in [0.25, 0.3) is 10.3 Å². The zero-order valence-electron chi connectivity index (χ0n) is 20.0. The molecule has 2 aliphatic heterocycles. The first-order valence-corrected chi connectivity index (χ1v) is 12.3. The molecule has 34 heavy (non-hydrogen) atoms. The third-order valence-electron chi connectivity index (χ3n) is 7.21. The summed E-state index contributed by atoms with van der Waals surface area (Å²) in [6.07, 6.45) is 1.28. The van der Waals surface area contributed by atoms with E-state index in [0.29, 0.717) is 28.2 Å². The normalized spacial score (nSPS) is 21.2. The van der Waals surface area contributed by atoms with Crippen LogP contribution in [0.3, 0.4) is 0 Å². The molecule has 0 unspecified atom stereocenters. The maximum absolute atomic E-state index is 15.3. The van der Waals surface area contributed by atoms with Crippen LogP contribution < -0.4 is 5.46 Å². The zero-order chi connectivity index (χ0) is 24.4. The highest BCUT2D eigenvalue weighted by atomic mass is 32.1. The summed E-state index contributed by atoms with van der Waals surface area (Å²) in [6.45, 7) is 11.1. The number of benzene rings is 1. The fraction of sp³-hybridized carbons (Fsp3) is 0.500. The first-order chi connectivity index (χ1) is 15.9. The summed E-state index contributed by atoms with van der Waals surface area (Å²) in [6, 6.07) is 4.96. The molecule has 5 rings (SSSR count). The minimum atomic E-state index is -0.976. The van der Waals surface area contributed by atoms with E-state index in [2.05, 4.69) is 4.98 Å². The van der Waals surface area contributed by atoms with Gasteiger partial charge in [0, 0.05) is 13.0 Å². The van der Waals surface area contributed by atoms with Crippen LogP contribution in [0, 0.1) is 12.7 Å². The van der Waals surface area contributed by atoms with Gasteiger partial charge in [-0.25, -0.2) is 14.2 Å². The first-order valence-electron chi connectivity index (χ1n) is 11.4. The number of imidazole rings is 1. The van der Waals surface area contributed by atoms with Crippen LogP contribution >= 0.6 is 11.3 Å². The van der Waals surface area contributed by atoms with Crippen LogP contribution in [0.4, 0.5) is 4.39 Å². The number of rotatable bonds is 6. The largest absolute Gasteiger partial charge is 0.495 e. The number of aromatic nitrogens is 2. The number of halogens is 1. The minimum absolute atomic E-state index is 0.0571. The van der Waals surface area contributed by atoms with Gasteiger partial charge in [-0.05, 0) is 64.2 Å². The summed E-state index contributed by atoms with van der Waals surface area (Å²) >= 11 is 1.13. The van der Waals surface area contributed by atoms with E-state index in [0.717, 1.165) is 35.4 Å². The number of carbonyl (C=O) groups is 1. The van der Waals surface area contributed by atoms with E-state index in [-0.39, 0.29) is 23.2 Å². The van der Waals surface area contributed by atoms with Crippen LogP contribution in [0.5, 0.6) is 0 Å². The number of ether oxygens (including phenoxy) is 1. The number of hydrogen-bond acceptors (Lipinski definition) is 6. The lowest BCUT2D eigenvalue weighted by Crippen LogP contribution is -2.41. The standard InChI is InChI=1S/C24H28BFN2O5S/c1-13-8-14(17(26)10-16(13)25-32-23(2,3)24(4,5)33-25)9-20-27-21-18(11-19(34-21)22(29)30)28(20)12-15-6-7-31-15/h8,10-11,15H,6-7,9,12H2,1-5H3,(H,29,30)/t15-/m0/s1. The Labute approximate surface area is 202 Å². The zero-order valence-corrected chi connectivity index (χ0v) is 20.8. The summed E-state index contributed by atoms with van der Waals surface area (Å²) in [7, 11) is -0.633. The molecule has 2 saturated heterocycles. The van der Waals surface area contributed by atoms with Crippen molar-refractivity contribution in [2.24, 2.45) is 0 Å². The third-order valence-corrected chi connectivity index (χ3v) is 8.21. The van der Waals surface area contributed by atoms with Gasteiger partial charge >= 0.3 is 13.1 Å². The molecule has 0 aliphatic carbocycles. The number of nitrogens with zero attached hydrogens (tertiary/aromatic N) is 2. The summed E-state index contributed by atoms with van der Waals surface area (Å²) in [4.78, 5) is 17.0. The molecule has 10 heteroatoms. The summed E-state index contributed by atoms with van der Waals surface area (Å²) in [5.41, 5.74) is 1.81. The van der Waals surface area contributed by atoms with Crippen LogP contribution in [0.1, 0.15) is 60.7 Å². The maximum atomic E-state index is 15.3. The fourth-order valence-corrected chi connectivity index (χ4v) is 5.22. The van der Waals surface area contributed by atoms with Gasteiger partial charge in [0.1, 0.15) is 21.3 Å². The Morgan fingerprint density at radius 1 is 1.26 bits per heavy atom. The Bertz CT molecular complexity index is 1260. The van der Waals surface area contributed by atoms with Crippen molar-refractivity contribution in [3.8, 4) is 0 Å². The number of carboxylic acid groups (broad SMARTS) is 1. The van der Waals surface area contributed by atoms with E-state index in [4.69, 9.17) is 14.0 Å². The van der Waals surface area contributed by atoms with Gasteiger partial charge in [0.05, 0.1) is 29.4 Å². The molecule has 0 spiro atoms. The third kappa shape index (κ3) is 3.96. The maximum Gasteiger partial charge on any atom is 0.495 e. The van der Waals surface area contributed by atoms with Crippen molar-refractivity contribution >= 4 is 40.2 Å². The minimum Gasteiger partial charge on any atom is -0.477 e. The number of hydrogen-bond donors (Lipinski definition) is 1. The highest BCUT2D eigenvalue weighted by Crippen LogP contribution is 2.37. The van der Waals surface area contributed by atoms with Crippen molar-refractivity contribution in [3.05, 3.63) is 45.8 Å². The molecule has 0 amide bonds. The number of aryl methyl sites for hydroxylation is 1. The predicted octanol–water partition coefficient (Wildman–Crippen LogP) is 3.92. The van der Waals surface area contributed by atoms with Crippen molar-refractivity contribution in [1.29, 1.82) is 0 Å². The molecule has 0 saturated carbocycles. The Kier molecular flexibility index (Phi) is 5.63. The molecule has 1 aromatic carbocycles. The smallest absolute Gasteiger partial charge is 0.477 e. The van der Waals surface area contributed by atoms with Gasteiger partial charge < -0.3 is 23.7 Å². The number of aromatic carboxylic acids is 1. The van der Waals surface area contributed by atoms with E-state index in [1.165, 1.54) is 6.07 Å². The highest BCUT2D eigenvalue weighted by Gasteiger charge is 2.52. The second kappa shape index (κ2) is 8.15. The Morgan fingerprint density at radius 2 is 1.94 bits per heavy atom. The highest BCUT2D eigenvalue weighted by molar-refractivity contribution is 7.20. The lowest BCUT2D eigenvalue weighted by Gasteiger charge is -2.32. The van der Waals surface area contributed by atoms with Crippen LogP contribution in [0.15, 0.2) is 18.2 Å². The SMILES string of the molecule is Cc1cc(Cc2nc3sc(C(=O)O)cc3n2C[C@@H]2CCO2)c(F)cc1B1OC(C)(C)C(C)(C)O1. The monoisotopic (exact) mass is 486 g/mol. The molecule has 0 bridgehead atoms. The first kappa shape index (κ1) is 23.5. The fourth-order valence-electron chi connectivity index (χ4n) is 4.32. The average Bonchev–Trinajstić information content (AvgIpc) is 3.30. The lowest BCUT2D eigenvalue weighted by atomic mass is 9.75. The quantitative estimate of drug-likeness (QED) is 0.532. The molecule has 2 fully saturated rings. The van der Waals surface area contributed by atoms with Crippen molar-refractivity contribution < 1.29 is 28.3 Å². The Morgan fingerprint density at radius 3 is 2.53 bits per heavy atom. The average molecular weight is 486 g/mol. The van der Waals surface area contributed by atoms with Gasteiger partial charge in [0.15, 0.2) is 0 Å². The van der Waals surface area contributed by atoms with E-state index in [9.17, 15) is 9.90 Å². The lowest BCUT2D eigenvalue weighted by molar-refractivity contribution is -0.0589. The second-order valence-electron chi connectivity index (χ2n) is 10.1. The van der Waals surface area contributed by atoms with Crippen molar-refractivity contribution in [3.63, 3.8) is 0 Å². The van der Waals surface area contributed by atoms with E-state index in [1.807, 2.05) is 45.3 Å². The summed E-state index contributed by atoms with van der Waals surface area (Å²) in [5, 5.41) is 9.37. The topological polar surface area (TPSA) is 82.8 Å². The molecule has 2 aliphatic rings. The van der Waals surface area contributed by atoms with E-state index < -0.39 is 24.3 Å². The number of thiophene rings is 1. The molecule has 180 valence electrons. The van der Waals surface area contributed by atoms with Gasteiger partial charge in [-0.3, -0.25) is 0 Å². The molecule has 2 aromatic heterocycles. The van der Waals surface area contributed by atoms with Gasteiger partial charge in [-0.1, -0.05) is 11.6 Å². The van der Waals surface area contributed by atoms with Gasteiger partial charge in [0.25, 0.3) is 0 Å². The summed E-state index contributed by atoms with van der Waals surface area (Å²) < 4.78 is 35.1. The second-order valence-corrected chi connectivity index (χ2v) is 11.1. The molecular formula is C24H28BFN2O5S. The molecule has 1 atom stereocenters. The van der Waals surface area contributed by atoms with Crippen LogP contribution in [0.2, 0.25) is 0 Å².